The number of rotatable bonds is 7. The van der Waals surface area contributed by atoms with Crippen molar-refractivity contribution in [2.45, 2.75) is 37.1 Å². The highest BCUT2D eigenvalue weighted by Crippen LogP contribution is 2.33. The van der Waals surface area contributed by atoms with E-state index < -0.39 is 14.9 Å². The highest BCUT2D eigenvalue weighted by atomic mass is 32.2. The summed E-state index contributed by atoms with van der Waals surface area (Å²) in [6.45, 7) is 2.03. The Morgan fingerprint density at radius 3 is 2.62 bits per heavy atom. The minimum absolute atomic E-state index is 0.0294. The number of non-ortho nitro benzene ring substituents is 1. The second-order valence-corrected chi connectivity index (χ2v) is 6.89. The van der Waals surface area contributed by atoms with Gasteiger partial charge >= 0.3 is 0 Å². The van der Waals surface area contributed by atoms with Crippen molar-refractivity contribution < 1.29 is 13.3 Å². The van der Waals surface area contributed by atoms with Gasteiger partial charge in [-0.15, -0.1) is 0 Å². The maximum atomic E-state index is 12.5. The third-order valence-electron chi connectivity index (χ3n) is 3.68. The van der Waals surface area contributed by atoms with E-state index in [0.717, 1.165) is 18.9 Å². The lowest BCUT2D eigenvalue weighted by molar-refractivity contribution is -0.385. The van der Waals surface area contributed by atoms with Gasteiger partial charge in [-0.05, 0) is 30.7 Å². The molecule has 1 aromatic rings. The van der Waals surface area contributed by atoms with Crippen LogP contribution in [0.1, 0.15) is 25.3 Å². The number of benzene rings is 1. The summed E-state index contributed by atoms with van der Waals surface area (Å²) in [5.74, 6) is 0.272. The van der Waals surface area contributed by atoms with E-state index in [9.17, 15) is 18.5 Å². The Labute approximate surface area is 123 Å². The number of aryl methyl sites for hydroxylation is 1. The van der Waals surface area contributed by atoms with Crippen LogP contribution in [0.5, 0.6) is 0 Å². The summed E-state index contributed by atoms with van der Waals surface area (Å²) < 4.78 is 27.6. The molecule has 0 heterocycles. The van der Waals surface area contributed by atoms with E-state index in [1.807, 2.05) is 6.92 Å². The molecule has 0 saturated heterocycles. The van der Waals surface area contributed by atoms with E-state index in [2.05, 4.69) is 4.72 Å². The molecule has 0 radical (unpaired) electrons. The molecule has 2 rings (SSSR count). The van der Waals surface area contributed by atoms with Gasteiger partial charge in [0.05, 0.1) is 9.82 Å². The fourth-order valence-electron chi connectivity index (χ4n) is 2.30. The molecular formula is C13H19N3O4S. The number of nitro benzene ring substituents is 1. The molecule has 1 aromatic carbocycles. The van der Waals surface area contributed by atoms with Gasteiger partial charge in [-0.2, -0.15) is 0 Å². The third kappa shape index (κ3) is 3.58. The van der Waals surface area contributed by atoms with Gasteiger partial charge in [0, 0.05) is 24.7 Å². The number of nitro groups is 1. The van der Waals surface area contributed by atoms with Crippen LogP contribution in [-0.2, 0) is 16.4 Å². The molecule has 1 fully saturated rings. The van der Waals surface area contributed by atoms with Gasteiger partial charge in [0.1, 0.15) is 0 Å². The fraction of sp³-hybridized carbons (Fsp3) is 0.538. The first-order chi connectivity index (χ1) is 9.89. The molecule has 0 aliphatic heterocycles. The summed E-state index contributed by atoms with van der Waals surface area (Å²) in [7, 11) is -3.81. The summed E-state index contributed by atoms with van der Waals surface area (Å²) in [4.78, 5) is 10.2. The minimum Gasteiger partial charge on any atom is -0.329 e. The van der Waals surface area contributed by atoms with Crippen molar-refractivity contribution >= 4 is 15.7 Å². The van der Waals surface area contributed by atoms with Gasteiger partial charge in [-0.1, -0.05) is 13.0 Å². The zero-order chi connectivity index (χ0) is 15.6. The van der Waals surface area contributed by atoms with E-state index >= 15 is 0 Å². The first-order valence-electron chi connectivity index (χ1n) is 6.88. The maximum absolute atomic E-state index is 12.5. The lowest BCUT2D eigenvalue weighted by Gasteiger charge is -2.17. The van der Waals surface area contributed by atoms with Crippen LogP contribution in [0, 0.1) is 16.0 Å². The number of nitrogens with zero attached hydrogens (tertiary/aromatic N) is 1. The van der Waals surface area contributed by atoms with E-state index in [4.69, 9.17) is 5.73 Å². The Hall–Kier alpha value is -1.51. The van der Waals surface area contributed by atoms with Crippen molar-refractivity contribution in [2.75, 3.05) is 6.54 Å². The highest BCUT2D eigenvalue weighted by Gasteiger charge is 2.34. The maximum Gasteiger partial charge on any atom is 0.270 e. The van der Waals surface area contributed by atoms with Crippen molar-refractivity contribution in [3.05, 3.63) is 33.9 Å². The van der Waals surface area contributed by atoms with Gasteiger partial charge in [-0.3, -0.25) is 10.1 Å². The van der Waals surface area contributed by atoms with Gasteiger partial charge < -0.3 is 5.73 Å². The molecule has 0 spiro atoms. The zero-order valence-electron chi connectivity index (χ0n) is 11.8. The molecule has 1 aliphatic carbocycles. The standard InChI is InChI=1S/C13H19N3O4S/c1-2-9-5-6-11(16(17)18)7-13(9)21(19,20)15-12(8-14)10-3-4-10/h5-7,10,12,15H,2-4,8,14H2,1H3/t12-/m0/s1. The van der Waals surface area contributed by atoms with Gasteiger partial charge in [-0.25, -0.2) is 13.1 Å². The van der Waals surface area contributed by atoms with Gasteiger partial charge in [0.15, 0.2) is 0 Å². The first-order valence-corrected chi connectivity index (χ1v) is 8.37. The Bertz CT molecular complexity index is 641. The Kier molecular flexibility index (Phi) is 4.60. The molecule has 8 heteroatoms. The van der Waals surface area contributed by atoms with E-state index in [-0.39, 0.29) is 29.1 Å². The molecular weight excluding hydrogens is 294 g/mol. The van der Waals surface area contributed by atoms with Crippen LogP contribution in [0.3, 0.4) is 0 Å². The monoisotopic (exact) mass is 313 g/mol. The topological polar surface area (TPSA) is 115 Å². The molecule has 0 bridgehead atoms. The Balaban J connectivity index is 2.37. The average Bonchev–Trinajstić information content (AvgIpc) is 3.28. The van der Waals surface area contributed by atoms with Crippen molar-refractivity contribution in [2.24, 2.45) is 11.7 Å². The molecule has 0 aromatic heterocycles. The molecule has 116 valence electrons. The molecule has 21 heavy (non-hydrogen) atoms. The third-order valence-corrected chi connectivity index (χ3v) is 5.26. The van der Waals surface area contributed by atoms with Crippen LogP contribution in [0.4, 0.5) is 5.69 Å². The number of hydrogen-bond acceptors (Lipinski definition) is 5. The summed E-state index contributed by atoms with van der Waals surface area (Å²) in [6, 6.07) is 3.61. The van der Waals surface area contributed by atoms with Crippen LogP contribution < -0.4 is 10.5 Å². The summed E-state index contributed by atoms with van der Waals surface area (Å²) in [5.41, 5.74) is 5.93. The quantitative estimate of drug-likeness (QED) is 0.579. The Morgan fingerprint density at radius 2 is 2.14 bits per heavy atom. The predicted molar refractivity (Wildman–Crippen MR) is 78.4 cm³/mol. The minimum atomic E-state index is -3.81. The molecule has 0 unspecified atom stereocenters. The molecule has 0 amide bonds. The van der Waals surface area contributed by atoms with Crippen molar-refractivity contribution in [1.82, 2.24) is 4.72 Å². The van der Waals surface area contributed by atoms with E-state index in [0.29, 0.717) is 12.0 Å². The Morgan fingerprint density at radius 1 is 1.48 bits per heavy atom. The number of nitrogens with one attached hydrogen (secondary N) is 1. The summed E-state index contributed by atoms with van der Waals surface area (Å²) in [6.07, 6.45) is 2.39. The van der Waals surface area contributed by atoms with Crippen molar-refractivity contribution in [3.8, 4) is 0 Å². The van der Waals surface area contributed by atoms with Crippen LogP contribution in [0.15, 0.2) is 23.1 Å². The first kappa shape index (κ1) is 15.9. The largest absolute Gasteiger partial charge is 0.329 e. The summed E-state index contributed by atoms with van der Waals surface area (Å²) >= 11 is 0. The van der Waals surface area contributed by atoms with Crippen molar-refractivity contribution in [1.29, 1.82) is 0 Å². The van der Waals surface area contributed by atoms with E-state index in [1.165, 1.54) is 12.1 Å². The molecule has 7 nitrogen and oxygen atoms in total. The van der Waals surface area contributed by atoms with Crippen LogP contribution in [0.2, 0.25) is 0 Å². The van der Waals surface area contributed by atoms with Gasteiger partial charge in [0.2, 0.25) is 10.0 Å². The molecule has 1 aliphatic rings. The summed E-state index contributed by atoms with van der Waals surface area (Å²) in [5, 5.41) is 10.8. The molecule has 1 atom stereocenters. The number of hydrogen-bond donors (Lipinski definition) is 2. The van der Waals surface area contributed by atoms with Crippen molar-refractivity contribution in [3.63, 3.8) is 0 Å². The van der Waals surface area contributed by atoms with Crippen LogP contribution in [-0.4, -0.2) is 25.9 Å². The normalized spacial score (nSPS) is 16.7. The van der Waals surface area contributed by atoms with E-state index in [1.54, 1.807) is 0 Å². The fourth-order valence-corrected chi connectivity index (χ4v) is 3.94. The lowest BCUT2D eigenvalue weighted by atomic mass is 10.1. The zero-order valence-corrected chi connectivity index (χ0v) is 12.6. The molecule has 1 saturated carbocycles. The van der Waals surface area contributed by atoms with Crippen LogP contribution in [0.25, 0.3) is 0 Å². The second-order valence-electron chi connectivity index (χ2n) is 5.20. The molecule has 3 N–H and O–H groups in total. The van der Waals surface area contributed by atoms with Gasteiger partial charge in [0.25, 0.3) is 5.69 Å². The average molecular weight is 313 g/mol. The number of nitrogens with two attached hydrogens (primary N) is 1. The predicted octanol–water partition coefficient (Wildman–Crippen LogP) is 1.17. The SMILES string of the molecule is CCc1ccc([N+](=O)[O-])cc1S(=O)(=O)N[C@@H](CN)C1CC1. The number of sulfonamides is 1. The second kappa shape index (κ2) is 6.08. The highest BCUT2D eigenvalue weighted by molar-refractivity contribution is 7.89. The lowest BCUT2D eigenvalue weighted by Crippen LogP contribution is -2.41. The van der Waals surface area contributed by atoms with Crippen LogP contribution >= 0.6 is 0 Å². The smallest absolute Gasteiger partial charge is 0.270 e.